The molecule has 0 aliphatic carbocycles. The van der Waals surface area contributed by atoms with E-state index in [9.17, 15) is 4.79 Å². The minimum atomic E-state index is 0. The molecule has 0 bridgehead atoms. The first-order valence-corrected chi connectivity index (χ1v) is 8.61. The van der Waals surface area contributed by atoms with E-state index in [1.54, 1.807) is 0 Å². The van der Waals surface area contributed by atoms with E-state index in [0.717, 1.165) is 66.5 Å². The SMILES string of the molecule is Cc1nn(C)c2sc(C(=O)NCCCN3CCNCC3)cc12.Cl. The fourth-order valence-electron chi connectivity index (χ4n) is 2.84. The molecule has 3 heterocycles. The number of carbonyl (C=O) groups excluding carboxylic acids is 1. The third kappa shape index (κ3) is 4.23. The lowest BCUT2D eigenvalue weighted by Gasteiger charge is -2.27. The van der Waals surface area contributed by atoms with E-state index < -0.39 is 0 Å². The molecule has 2 aromatic rings. The number of halogens is 1. The fourth-order valence-corrected chi connectivity index (χ4v) is 3.88. The Bertz CT molecular complexity index is 628. The molecule has 1 amide bonds. The number of hydrogen-bond acceptors (Lipinski definition) is 5. The lowest BCUT2D eigenvalue weighted by atomic mass is 10.3. The summed E-state index contributed by atoms with van der Waals surface area (Å²) in [5.74, 6) is 0.0286. The molecule has 2 aromatic heterocycles. The van der Waals surface area contributed by atoms with E-state index in [1.165, 1.54) is 11.3 Å². The van der Waals surface area contributed by atoms with Crippen molar-refractivity contribution < 1.29 is 4.79 Å². The minimum absolute atomic E-state index is 0. The Morgan fingerprint density at radius 3 is 2.87 bits per heavy atom. The predicted octanol–water partition coefficient (Wildman–Crippen LogP) is 1.39. The van der Waals surface area contributed by atoms with Crippen molar-refractivity contribution in [3.8, 4) is 0 Å². The number of piperazine rings is 1. The zero-order valence-corrected chi connectivity index (χ0v) is 15.2. The first-order chi connectivity index (χ1) is 10.6. The standard InChI is InChI=1S/C15H23N5OS.ClH/c1-11-12-10-13(22-15(12)19(2)18-11)14(21)17-4-3-7-20-8-5-16-6-9-20;/h10,16H,3-9H2,1-2H3,(H,17,21);1H. The van der Waals surface area contributed by atoms with Crippen LogP contribution in [0.5, 0.6) is 0 Å². The Kier molecular flexibility index (Phi) is 6.41. The number of thiophene rings is 1. The third-order valence-electron chi connectivity index (χ3n) is 4.07. The third-order valence-corrected chi connectivity index (χ3v) is 5.27. The molecule has 0 atom stereocenters. The van der Waals surface area contributed by atoms with Crippen molar-refractivity contribution in [2.75, 3.05) is 39.3 Å². The molecule has 0 spiro atoms. The minimum Gasteiger partial charge on any atom is -0.351 e. The van der Waals surface area contributed by atoms with Crippen molar-refractivity contribution in [1.82, 2.24) is 25.3 Å². The quantitative estimate of drug-likeness (QED) is 0.794. The van der Waals surface area contributed by atoms with Crippen molar-refractivity contribution in [2.45, 2.75) is 13.3 Å². The number of amides is 1. The van der Waals surface area contributed by atoms with E-state index in [1.807, 2.05) is 24.7 Å². The van der Waals surface area contributed by atoms with Gasteiger partial charge in [0.05, 0.1) is 10.6 Å². The van der Waals surface area contributed by atoms with Crippen molar-refractivity contribution in [1.29, 1.82) is 0 Å². The maximum absolute atomic E-state index is 12.2. The molecule has 0 radical (unpaired) electrons. The van der Waals surface area contributed by atoms with Crippen LogP contribution in [0.1, 0.15) is 21.8 Å². The number of aryl methyl sites for hydroxylation is 2. The van der Waals surface area contributed by atoms with Crippen molar-refractivity contribution >= 4 is 39.9 Å². The van der Waals surface area contributed by atoms with E-state index in [-0.39, 0.29) is 18.3 Å². The normalized spacial score (nSPS) is 15.6. The summed E-state index contributed by atoms with van der Waals surface area (Å²) in [4.78, 5) is 16.5. The number of nitrogens with one attached hydrogen (secondary N) is 2. The van der Waals surface area contributed by atoms with E-state index in [4.69, 9.17) is 0 Å². The van der Waals surface area contributed by atoms with Gasteiger partial charge in [0, 0.05) is 45.2 Å². The second-order valence-corrected chi connectivity index (χ2v) is 6.77. The largest absolute Gasteiger partial charge is 0.351 e. The van der Waals surface area contributed by atoms with Crippen LogP contribution in [0.3, 0.4) is 0 Å². The number of hydrogen-bond donors (Lipinski definition) is 2. The van der Waals surface area contributed by atoms with Gasteiger partial charge in [0.25, 0.3) is 5.91 Å². The molecule has 1 fully saturated rings. The number of nitrogens with zero attached hydrogens (tertiary/aromatic N) is 3. The van der Waals surface area contributed by atoms with E-state index >= 15 is 0 Å². The molecule has 8 heteroatoms. The summed E-state index contributed by atoms with van der Waals surface area (Å²) < 4.78 is 1.84. The van der Waals surface area contributed by atoms with Gasteiger partial charge in [-0.25, -0.2) is 0 Å². The smallest absolute Gasteiger partial charge is 0.261 e. The van der Waals surface area contributed by atoms with Crippen LogP contribution in [0.25, 0.3) is 10.2 Å². The number of rotatable bonds is 5. The average molecular weight is 358 g/mol. The van der Waals surface area contributed by atoms with Crippen LogP contribution in [0.4, 0.5) is 0 Å². The van der Waals surface area contributed by atoms with Crippen LogP contribution in [0.2, 0.25) is 0 Å². The summed E-state index contributed by atoms with van der Waals surface area (Å²) in [6.45, 7) is 8.12. The van der Waals surface area contributed by atoms with Crippen LogP contribution in [0.15, 0.2) is 6.07 Å². The number of fused-ring (bicyclic) bond motifs is 1. The number of aromatic nitrogens is 2. The Morgan fingerprint density at radius 2 is 2.17 bits per heavy atom. The molecule has 1 aliphatic rings. The molecule has 0 saturated carbocycles. The lowest BCUT2D eigenvalue weighted by molar-refractivity contribution is 0.0955. The molecule has 1 aliphatic heterocycles. The van der Waals surface area contributed by atoms with Gasteiger partial charge in [0.1, 0.15) is 4.83 Å². The maximum atomic E-state index is 12.2. The zero-order valence-electron chi connectivity index (χ0n) is 13.6. The molecule has 3 rings (SSSR count). The molecule has 23 heavy (non-hydrogen) atoms. The molecule has 128 valence electrons. The van der Waals surface area contributed by atoms with Gasteiger partial charge in [0.15, 0.2) is 0 Å². The van der Waals surface area contributed by atoms with Crippen LogP contribution in [0, 0.1) is 6.92 Å². The second-order valence-electron chi connectivity index (χ2n) is 5.74. The van der Waals surface area contributed by atoms with Gasteiger partial charge in [-0.3, -0.25) is 9.48 Å². The van der Waals surface area contributed by atoms with Crippen LogP contribution < -0.4 is 10.6 Å². The summed E-state index contributed by atoms with van der Waals surface area (Å²) in [7, 11) is 1.92. The Hall–Kier alpha value is -1.15. The van der Waals surface area contributed by atoms with Gasteiger partial charge < -0.3 is 15.5 Å². The van der Waals surface area contributed by atoms with Crippen LogP contribution in [-0.4, -0.2) is 59.9 Å². The van der Waals surface area contributed by atoms with E-state index in [0.29, 0.717) is 0 Å². The Labute approximate surface area is 146 Å². The summed E-state index contributed by atoms with van der Waals surface area (Å²) >= 11 is 1.51. The zero-order chi connectivity index (χ0) is 15.5. The van der Waals surface area contributed by atoms with Gasteiger partial charge >= 0.3 is 0 Å². The van der Waals surface area contributed by atoms with Gasteiger partial charge in [-0.2, -0.15) is 5.10 Å². The molecule has 1 saturated heterocycles. The molecular weight excluding hydrogens is 334 g/mol. The highest BCUT2D eigenvalue weighted by molar-refractivity contribution is 7.20. The van der Waals surface area contributed by atoms with E-state index in [2.05, 4.69) is 20.6 Å². The highest BCUT2D eigenvalue weighted by Crippen LogP contribution is 2.27. The Morgan fingerprint density at radius 1 is 1.43 bits per heavy atom. The van der Waals surface area contributed by atoms with Crippen molar-refractivity contribution in [3.63, 3.8) is 0 Å². The van der Waals surface area contributed by atoms with Crippen molar-refractivity contribution in [3.05, 3.63) is 16.6 Å². The first kappa shape index (κ1) is 18.2. The van der Waals surface area contributed by atoms with Gasteiger partial charge in [0.2, 0.25) is 0 Å². The lowest BCUT2D eigenvalue weighted by Crippen LogP contribution is -2.44. The fraction of sp³-hybridized carbons (Fsp3) is 0.600. The highest BCUT2D eigenvalue weighted by atomic mass is 35.5. The topological polar surface area (TPSA) is 62.2 Å². The van der Waals surface area contributed by atoms with Gasteiger partial charge in [-0.15, -0.1) is 23.7 Å². The monoisotopic (exact) mass is 357 g/mol. The highest BCUT2D eigenvalue weighted by Gasteiger charge is 2.15. The number of carbonyl (C=O) groups is 1. The molecule has 0 unspecified atom stereocenters. The molecule has 0 aromatic carbocycles. The summed E-state index contributed by atoms with van der Waals surface area (Å²) in [5, 5.41) is 11.8. The molecular formula is C15H24ClN5OS. The molecule has 6 nitrogen and oxygen atoms in total. The predicted molar refractivity (Wildman–Crippen MR) is 96.8 cm³/mol. The second kappa shape index (κ2) is 8.10. The molecule has 2 N–H and O–H groups in total. The summed E-state index contributed by atoms with van der Waals surface area (Å²) in [5.41, 5.74) is 0.978. The van der Waals surface area contributed by atoms with Gasteiger partial charge in [-0.1, -0.05) is 0 Å². The van der Waals surface area contributed by atoms with Crippen LogP contribution in [-0.2, 0) is 7.05 Å². The first-order valence-electron chi connectivity index (χ1n) is 7.79. The summed E-state index contributed by atoms with van der Waals surface area (Å²) in [6.07, 6.45) is 0.997. The summed E-state index contributed by atoms with van der Waals surface area (Å²) in [6, 6.07) is 1.95. The maximum Gasteiger partial charge on any atom is 0.261 e. The van der Waals surface area contributed by atoms with Crippen molar-refractivity contribution in [2.24, 2.45) is 7.05 Å². The average Bonchev–Trinajstić information content (AvgIpc) is 3.07. The van der Waals surface area contributed by atoms with Gasteiger partial charge in [-0.05, 0) is 26.0 Å². The Balaban J connectivity index is 0.00000192. The van der Waals surface area contributed by atoms with Crippen LogP contribution >= 0.6 is 23.7 Å².